The Morgan fingerprint density at radius 3 is 2.60 bits per heavy atom. The van der Waals surface area contributed by atoms with Crippen LogP contribution >= 0.6 is 0 Å². The molecule has 0 spiro atoms. The summed E-state index contributed by atoms with van der Waals surface area (Å²) >= 11 is 0. The molecular formula is C28H36N4O3. The molecular weight excluding hydrogens is 440 g/mol. The Hall–Kier alpha value is -3.06. The van der Waals surface area contributed by atoms with Gasteiger partial charge in [0.2, 0.25) is 5.91 Å². The van der Waals surface area contributed by atoms with Gasteiger partial charge in [0.1, 0.15) is 0 Å². The average molecular weight is 477 g/mol. The molecule has 1 aliphatic carbocycles. The summed E-state index contributed by atoms with van der Waals surface area (Å²) in [6.07, 6.45) is 4.66. The van der Waals surface area contributed by atoms with E-state index in [1.54, 1.807) is 7.11 Å². The fraction of sp³-hybridized carbons (Fsp3) is 0.500. The summed E-state index contributed by atoms with van der Waals surface area (Å²) in [7, 11) is 3.59. The number of nitrogens with one attached hydrogen (secondary N) is 3. The van der Waals surface area contributed by atoms with Crippen LogP contribution in [0.5, 0.6) is 0 Å². The quantitative estimate of drug-likeness (QED) is 0.586. The number of carbonyl (C=O) groups excluding carboxylic acids is 2. The largest absolute Gasteiger partial charge is 0.388 e. The van der Waals surface area contributed by atoms with Gasteiger partial charge in [-0.25, -0.2) is 0 Å². The zero-order valence-corrected chi connectivity index (χ0v) is 20.6. The molecule has 0 bridgehead atoms. The van der Waals surface area contributed by atoms with Crippen molar-refractivity contribution >= 4 is 23.2 Å². The first-order valence-electron chi connectivity index (χ1n) is 12.8. The van der Waals surface area contributed by atoms with E-state index in [4.69, 9.17) is 4.74 Å². The highest BCUT2D eigenvalue weighted by Crippen LogP contribution is 2.47. The molecule has 0 radical (unpaired) electrons. The van der Waals surface area contributed by atoms with Crippen LogP contribution in [0.1, 0.15) is 54.1 Å². The number of likely N-dealkylation sites (tertiary alicyclic amines) is 1. The lowest BCUT2D eigenvalue weighted by molar-refractivity contribution is -0.139. The van der Waals surface area contributed by atoms with Crippen molar-refractivity contribution in [1.29, 1.82) is 0 Å². The van der Waals surface area contributed by atoms with Gasteiger partial charge in [0, 0.05) is 49.6 Å². The van der Waals surface area contributed by atoms with E-state index in [-0.39, 0.29) is 35.9 Å². The molecule has 3 N–H and O–H groups in total. The van der Waals surface area contributed by atoms with Gasteiger partial charge < -0.3 is 25.6 Å². The number of fused-ring (bicyclic) bond motifs is 3. The van der Waals surface area contributed by atoms with Gasteiger partial charge >= 0.3 is 0 Å². The molecule has 0 unspecified atom stereocenters. The third kappa shape index (κ3) is 4.61. The molecule has 7 heteroatoms. The summed E-state index contributed by atoms with van der Waals surface area (Å²) in [5.41, 5.74) is 3.87. The minimum atomic E-state index is -0.189. The highest BCUT2D eigenvalue weighted by Gasteiger charge is 2.48. The molecule has 0 aromatic heterocycles. The number of anilines is 2. The Bertz CT molecular complexity index is 1060. The van der Waals surface area contributed by atoms with Crippen molar-refractivity contribution in [2.45, 2.75) is 50.2 Å². The highest BCUT2D eigenvalue weighted by molar-refractivity contribution is 5.95. The summed E-state index contributed by atoms with van der Waals surface area (Å²) < 4.78 is 5.52. The SMILES string of the molecule is CNc1ccc(C(=O)N[C@@H]2CCCC[C@@H]2C(=O)N2CC[C@@H]3[C@H](COC)Nc4ccccc4[C@@H]32)cc1. The second kappa shape index (κ2) is 10.3. The lowest BCUT2D eigenvalue weighted by atomic mass is 9.81. The van der Waals surface area contributed by atoms with Crippen LogP contribution in [0.4, 0.5) is 11.4 Å². The number of hydrogen-bond donors (Lipinski definition) is 3. The molecule has 3 aliphatic rings. The van der Waals surface area contributed by atoms with Crippen LogP contribution in [0.3, 0.4) is 0 Å². The molecule has 2 amide bonds. The van der Waals surface area contributed by atoms with Gasteiger partial charge in [-0.1, -0.05) is 31.0 Å². The van der Waals surface area contributed by atoms with Crippen molar-refractivity contribution in [2.75, 3.05) is 37.9 Å². The standard InChI is InChI=1S/C28H36N4O3/c1-29-19-13-11-18(12-14-19)27(33)31-24-10-6-4-8-22(24)28(34)32-16-15-21-25(17-35-2)30-23-9-5-3-7-20(23)26(21)32/h3,5,7,9,11-14,21-22,24-26,29-30H,4,6,8,10,15-17H2,1-2H3,(H,31,33)/t21-,22+,24-,25+,26+/m1/s1. The summed E-state index contributed by atoms with van der Waals surface area (Å²) in [6, 6.07) is 15.9. The number of methoxy groups -OCH3 is 1. The fourth-order valence-corrected chi connectivity index (χ4v) is 6.27. The van der Waals surface area contributed by atoms with Crippen LogP contribution in [0.2, 0.25) is 0 Å². The molecule has 2 aliphatic heterocycles. The van der Waals surface area contributed by atoms with Gasteiger partial charge in [0.05, 0.1) is 24.6 Å². The predicted octanol–water partition coefficient (Wildman–Crippen LogP) is 4.05. The van der Waals surface area contributed by atoms with E-state index in [2.05, 4.69) is 39.0 Å². The topological polar surface area (TPSA) is 82.7 Å². The molecule has 2 aromatic rings. The van der Waals surface area contributed by atoms with Crippen LogP contribution in [0.15, 0.2) is 48.5 Å². The van der Waals surface area contributed by atoms with E-state index in [1.165, 1.54) is 5.56 Å². The Labute approximate surface area is 207 Å². The summed E-state index contributed by atoms with van der Waals surface area (Å²) in [5, 5.41) is 9.93. The van der Waals surface area contributed by atoms with E-state index >= 15 is 0 Å². The van der Waals surface area contributed by atoms with Gasteiger partial charge in [-0.15, -0.1) is 0 Å². The number of nitrogens with zero attached hydrogens (tertiary/aromatic N) is 1. The number of amides is 2. The zero-order chi connectivity index (χ0) is 24.4. The zero-order valence-electron chi connectivity index (χ0n) is 20.6. The Kier molecular flexibility index (Phi) is 6.95. The minimum Gasteiger partial charge on any atom is -0.388 e. The van der Waals surface area contributed by atoms with Gasteiger partial charge in [-0.3, -0.25) is 9.59 Å². The molecule has 2 heterocycles. The van der Waals surface area contributed by atoms with Crippen molar-refractivity contribution in [3.05, 3.63) is 59.7 Å². The normalized spacial score (nSPS) is 27.4. The number of para-hydroxylation sites is 1. The van der Waals surface area contributed by atoms with Crippen LogP contribution in [0, 0.1) is 11.8 Å². The maximum absolute atomic E-state index is 14.1. The van der Waals surface area contributed by atoms with Crippen LogP contribution in [0.25, 0.3) is 0 Å². The summed E-state index contributed by atoms with van der Waals surface area (Å²) in [4.78, 5) is 29.2. The Balaban J connectivity index is 1.36. The van der Waals surface area contributed by atoms with E-state index in [0.717, 1.165) is 50.0 Å². The van der Waals surface area contributed by atoms with Crippen molar-refractivity contribution in [3.8, 4) is 0 Å². The smallest absolute Gasteiger partial charge is 0.251 e. The number of carbonyl (C=O) groups is 2. The molecule has 5 rings (SSSR count). The van der Waals surface area contributed by atoms with Crippen LogP contribution in [-0.4, -0.2) is 56.1 Å². The number of rotatable bonds is 6. The predicted molar refractivity (Wildman–Crippen MR) is 137 cm³/mol. The lowest BCUT2D eigenvalue weighted by Crippen LogP contribution is -2.50. The molecule has 7 nitrogen and oxygen atoms in total. The van der Waals surface area contributed by atoms with Gasteiger partial charge in [0.15, 0.2) is 0 Å². The fourth-order valence-electron chi connectivity index (χ4n) is 6.27. The maximum atomic E-state index is 14.1. The molecule has 186 valence electrons. The first kappa shape index (κ1) is 23.7. The van der Waals surface area contributed by atoms with Crippen molar-refractivity contribution in [2.24, 2.45) is 11.8 Å². The van der Waals surface area contributed by atoms with E-state index in [1.807, 2.05) is 37.4 Å². The van der Waals surface area contributed by atoms with Crippen LogP contribution in [-0.2, 0) is 9.53 Å². The van der Waals surface area contributed by atoms with Crippen LogP contribution < -0.4 is 16.0 Å². The lowest BCUT2D eigenvalue weighted by Gasteiger charge is -2.41. The van der Waals surface area contributed by atoms with Gasteiger partial charge in [0.25, 0.3) is 5.91 Å². The van der Waals surface area contributed by atoms with E-state index in [9.17, 15) is 9.59 Å². The monoisotopic (exact) mass is 476 g/mol. The molecule has 35 heavy (non-hydrogen) atoms. The first-order chi connectivity index (χ1) is 17.1. The Morgan fingerprint density at radius 1 is 1.06 bits per heavy atom. The van der Waals surface area contributed by atoms with E-state index in [0.29, 0.717) is 18.1 Å². The average Bonchev–Trinajstić information content (AvgIpc) is 3.35. The number of benzene rings is 2. The second-order valence-electron chi connectivity index (χ2n) is 10.0. The molecule has 1 saturated heterocycles. The van der Waals surface area contributed by atoms with Crippen molar-refractivity contribution < 1.29 is 14.3 Å². The Morgan fingerprint density at radius 2 is 1.83 bits per heavy atom. The molecule has 1 saturated carbocycles. The molecule has 2 fully saturated rings. The number of ether oxygens (including phenoxy) is 1. The first-order valence-corrected chi connectivity index (χ1v) is 12.8. The third-order valence-electron chi connectivity index (χ3n) is 8.05. The van der Waals surface area contributed by atoms with E-state index < -0.39 is 0 Å². The summed E-state index contributed by atoms with van der Waals surface area (Å²) in [5.74, 6) is 0.201. The molecule has 2 aromatic carbocycles. The minimum absolute atomic E-state index is 0.0486. The summed E-state index contributed by atoms with van der Waals surface area (Å²) in [6.45, 7) is 1.36. The third-order valence-corrected chi connectivity index (χ3v) is 8.05. The number of hydrogen-bond acceptors (Lipinski definition) is 5. The maximum Gasteiger partial charge on any atom is 0.251 e. The van der Waals surface area contributed by atoms with Gasteiger partial charge in [-0.2, -0.15) is 0 Å². The highest BCUT2D eigenvalue weighted by atomic mass is 16.5. The van der Waals surface area contributed by atoms with Crippen molar-refractivity contribution in [1.82, 2.24) is 10.2 Å². The molecule has 5 atom stereocenters. The van der Waals surface area contributed by atoms with Gasteiger partial charge in [-0.05, 0) is 55.2 Å². The second-order valence-corrected chi connectivity index (χ2v) is 10.0. The van der Waals surface area contributed by atoms with Crippen molar-refractivity contribution in [3.63, 3.8) is 0 Å².